The van der Waals surface area contributed by atoms with Crippen LogP contribution in [0.4, 0.5) is 11.5 Å². The summed E-state index contributed by atoms with van der Waals surface area (Å²) in [5, 5.41) is 7.88. The first-order valence-electron chi connectivity index (χ1n) is 5.93. The predicted octanol–water partition coefficient (Wildman–Crippen LogP) is 2.05. The van der Waals surface area contributed by atoms with Crippen LogP contribution in [-0.4, -0.2) is 26.7 Å². The van der Waals surface area contributed by atoms with Crippen molar-refractivity contribution in [1.82, 2.24) is 20.2 Å². The maximum Gasteiger partial charge on any atom is 0.160 e. The summed E-state index contributed by atoms with van der Waals surface area (Å²) in [6.45, 7) is 0.955. The highest BCUT2D eigenvalue weighted by molar-refractivity contribution is 5.89. The molecule has 0 unspecified atom stereocenters. The summed E-state index contributed by atoms with van der Waals surface area (Å²) in [4.78, 5) is 10.8. The molecule has 0 saturated heterocycles. The van der Waals surface area contributed by atoms with Crippen molar-refractivity contribution in [1.29, 1.82) is 0 Å². The average Bonchev–Trinajstić information content (AvgIpc) is 3.05. The Balaban J connectivity index is 1.92. The van der Waals surface area contributed by atoms with Gasteiger partial charge in [-0.2, -0.15) is 5.10 Å². The molecule has 1 aromatic carbocycles. The van der Waals surface area contributed by atoms with E-state index in [0.717, 1.165) is 29.8 Å². The fourth-order valence-electron chi connectivity index (χ4n) is 2.53. The van der Waals surface area contributed by atoms with E-state index in [1.165, 1.54) is 11.3 Å². The van der Waals surface area contributed by atoms with E-state index in [1.807, 2.05) is 0 Å². The SMILES string of the molecule is c1ccc2c(c1)CCN2c1ncnc2[nH]ncc12. The summed E-state index contributed by atoms with van der Waals surface area (Å²) >= 11 is 0. The highest BCUT2D eigenvalue weighted by atomic mass is 15.2. The summed E-state index contributed by atoms with van der Waals surface area (Å²) in [6.07, 6.45) is 4.42. The quantitative estimate of drug-likeness (QED) is 0.703. The molecular formula is C13H11N5. The molecule has 88 valence electrons. The molecule has 2 aromatic heterocycles. The average molecular weight is 237 g/mol. The van der Waals surface area contributed by atoms with Gasteiger partial charge in [-0.25, -0.2) is 9.97 Å². The van der Waals surface area contributed by atoms with Gasteiger partial charge >= 0.3 is 0 Å². The largest absolute Gasteiger partial charge is 0.325 e. The van der Waals surface area contributed by atoms with Crippen LogP contribution in [0.5, 0.6) is 0 Å². The number of hydrogen-bond donors (Lipinski definition) is 1. The van der Waals surface area contributed by atoms with Crippen LogP contribution in [0.1, 0.15) is 5.56 Å². The molecule has 18 heavy (non-hydrogen) atoms. The van der Waals surface area contributed by atoms with Crippen molar-refractivity contribution in [3.05, 3.63) is 42.4 Å². The Labute approximate surface area is 103 Å². The number of anilines is 2. The first kappa shape index (κ1) is 9.58. The second kappa shape index (κ2) is 3.53. The van der Waals surface area contributed by atoms with Crippen molar-refractivity contribution >= 4 is 22.5 Å². The molecule has 0 atom stereocenters. The van der Waals surface area contributed by atoms with Crippen molar-refractivity contribution in [3.63, 3.8) is 0 Å². The zero-order valence-corrected chi connectivity index (χ0v) is 9.67. The van der Waals surface area contributed by atoms with Crippen LogP contribution in [0.2, 0.25) is 0 Å². The monoisotopic (exact) mass is 237 g/mol. The molecule has 1 aliphatic rings. The molecule has 5 heteroatoms. The predicted molar refractivity (Wildman–Crippen MR) is 68.8 cm³/mol. The Hall–Kier alpha value is -2.43. The van der Waals surface area contributed by atoms with Gasteiger partial charge in [-0.3, -0.25) is 5.10 Å². The Kier molecular flexibility index (Phi) is 1.88. The summed E-state index contributed by atoms with van der Waals surface area (Å²) in [5.74, 6) is 0.929. The first-order chi connectivity index (χ1) is 8.93. The van der Waals surface area contributed by atoms with Crippen LogP contribution in [0.15, 0.2) is 36.8 Å². The summed E-state index contributed by atoms with van der Waals surface area (Å²) < 4.78 is 0. The lowest BCUT2D eigenvalue weighted by molar-refractivity contribution is 0.974. The standard InChI is InChI=1S/C13H11N5/c1-2-4-11-9(3-1)5-6-18(11)13-10-7-16-17-12(10)14-8-15-13/h1-4,7-8H,5-6H2,(H,14,15,16,17). The molecule has 1 N–H and O–H groups in total. The summed E-state index contributed by atoms with van der Waals surface area (Å²) in [6, 6.07) is 8.44. The maximum atomic E-state index is 4.41. The summed E-state index contributed by atoms with van der Waals surface area (Å²) in [7, 11) is 0. The van der Waals surface area contributed by atoms with Gasteiger partial charge in [0.05, 0.1) is 11.6 Å². The van der Waals surface area contributed by atoms with E-state index in [2.05, 4.69) is 49.3 Å². The maximum absolute atomic E-state index is 4.41. The molecule has 3 heterocycles. The number of benzene rings is 1. The number of H-pyrrole nitrogens is 1. The second-order valence-corrected chi connectivity index (χ2v) is 4.36. The Morgan fingerprint density at radius 1 is 1.17 bits per heavy atom. The Morgan fingerprint density at radius 2 is 2.11 bits per heavy atom. The van der Waals surface area contributed by atoms with E-state index in [0.29, 0.717) is 0 Å². The Morgan fingerprint density at radius 3 is 3.11 bits per heavy atom. The first-order valence-corrected chi connectivity index (χ1v) is 5.93. The fourth-order valence-corrected chi connectivity index (χ4v) is 2.53. The van der Waals surface area contributed by atoms with E-state index in [1.54, 1.807) is 12.5 Å². The lowest BCUT2D eigenvalue weighted by Gasteiger charge is -2.18. The van der Waals surface area contributed by atoms with Gasteiger partial charge < -0.3 is 4.90 Å². The molecule has 0 amide bonds. The Bertz CT molecular complexity index is 718. The van der Waals surface area contributed by atoms with Crippen LogP contribution in [0.3, 0.4) is 0 Å². The number of hydrogen-bond acceptors (Lipinski definition) is 4. The fraction of sp³-hybridized carbons (Fsp3) is 0.154. The van der Waals surface area contributed by atoms with Crippen molar-refractivity contribution in [2.75, 3.05) is 11.4 Å². The number of para-hydroxylation sites is 1. The zero-order valence-electron chi connectivity index (χ0n) is 9.67. The number of aromatic amines is 1. The van der Waals surface area contributed by atoms with Crippen LogP contribution in [0, 0.1) is 0 Å². The minimum atomic E-state index is 0.782. The molecule has 0 aliphatic carbocycles. The minimum absolute atomic E-state index is 0.782. The van der Waals surface area contributed by atoms with Crippen molar-refractivity contribution in [3.8, 4) is 0 Å². The second-order valence-electron chi connectivity index (χ2n) is 4.36. The van der Waals surface area contributed by atoms with Crippen LogP contribution < -0.4 is 4.90 Å². The third-order valence-electron chi connectivity index (χ3n) is 3.37. The van der Waals surface area contributed by atoms with Gasteiger partial charge in [-0.1, -0.05) is 18.2 Å². The molecule has 0 spiro atoms. The third-order valence-corrected chi connectivity index (χ3v) is 3.37. The van der Waals surface area contributed by atoms with Gasteiger partial charge in [-0.05, 0) is 18.1 Å². The molecule has 1 aliphatic heterocycles. The van der Waals surface area contributed by atoms with Gasteiger partial charge in [-0.15, -0.1) is 0 Å². The molecule has 5 nitrogen and oxygen atoms in total. The lowest BCUT2D eigenvalue weighted by atomic mass is 10.2. The van der Waals surface area contributed by atoms with Gasteiger partial charge in [0.15, 0.2) is 5.65 Å². The molecule has 0 bridgehead atoms. The topological polar surface area (TPSA) is 57.7 Å². The normalized spacial score (nSPS) is 14.1. The molecular weight excluding hydrogens is 226 g/mol. The highest BCUT2D eigenvalue weighted by Gasteiger charge is 2.22. The van der Waals surface area contributed by atoms with E-state index in [4.69, 9.17) is 0 Å². The highest BCUT2D eigenvalue weighted by Crippen LogP contribution is 2.35. The minimum Gasteiger partial charge on any atom is -0.325 e. The van der Waals surface area contributed by atoms with Crippen LogP contribution >= 0.6 is 0 Å². The molecule has 0 fully saturated rings. The molecule has 3 aromatic rings. The van der Waals surface area contributed by atoms with Crippen LogP contribution in [0.25, 0.3) is 11.0 Å². The molecule has 4 rings (SSSR count). The zero-order chi connectivity index (χ0) is 11.9. The number of aromatic nitrogens is 4. The van der Waals surface area contributed by atoms with Gasteiger partial charge in [0.2, 0.25) is 0 Å². The van der Waals surface area contributed by atoms with E-state index < -0.39 is 0 Å². The van der Waals surface area contributed by atoms with Crippen molar-refractivity contribution < 1.29 is 0 Å². The van der Waals surface area contributed by atoms with E-state index in [9.17, 15) is 0 Å². The van der Waals surface area contributed by atoms with Crippen molar-refractivity contribution in [2.24, 2.45) is 0 Å². The van der Waals surface area contributed by atoms with Gasteiger partial charge in [0.1, 0.15) is 12.1 Å². The molecule has 0 saturated carbocycles. The third kappa shape index (κ3) is 1.24. The number of rotatable bonds is 1. The van der Waals surface area contributed by atoms with Crippen molar-refractivity contribution in [2.45, 2.75) is 6.42 Å². The van der Waals surface area contributed by atoms with Gasteiger partial charge in [0, 0.05) is 12.2 Å². The lowest BCUT2D eigenvalue weighted by Crippen LogP contribution is -2.15. The van der Waals surface area contributed by atoms with Gasteiger partial charge in [0.25, 0.3) is 0 Å². The molecule has 0 radical (unpaired) electrons. The number of nitrogens with one attached hydrogen (secondary N) is 1. The van der Waals surface area contributed by atoms with E-state index >= 15 is 0 Å². The number of fused-ring (bicyclic) bond motifs is 2. The summed E-state index contributed by atoms with van der Waals surface area (Å²) in [5.41, 5.74) is 3.39. The van der Waals surface area contributed by atoms with Crippen LogP contribution in [-0.2, 0) is 6.42 Å². The number of nitrogens with zero attached hydrogens (tertiary/aromatic N) is 4. The van der Waals surface area contributed by atoms with E-state index in [-0.39, 0.29) is 0 Å². The smallest absolute Gasteiger partial charge is 0.160 e.